The summed E-state index contributed by atoms with van der Waals surface area (Å²) in [5, 5.41) is 0. The lowest BCUT2D eigenvalue weighted by atomic mass is 9.69. The summed E-state index contributed by atoms with van der Waals surface area (Å²) in [4.78, 5) is 0. The fourth-order valence-corrected chi connectivity index (χ4v) is 5.74. The first-order chi connectivity index (χ1) is 11.3. The molecule has 1 heteroatoms. The summed E-state index contributed by atoms with van der Waals surface area (Å²) < 4.78 is 2.44. The zero-order chi connectivity index (χ0) is 15.1. The van der Waals surface area contributed by atoms with Gasteiger partial charge in [-0.1, -0.05) is 42.0 Å². The van der Waals surface area contributed by atoms with Crippen LogP contribution >= 0.6 is 0 Å². The van der Waals surface area contributed by atoms with Gasteiger partial charge in [0.25, 0.3) is 0 Å². The first-order valence-electron chi connectivity index (χ1n) is 8.70. The lowest BCUT2D eigenvalue weighted by Gasteiger charge is -2.39. The number of aromatic nitrogens is 1. The molecular formula is C22H19N. The van der Waals surface area contributed by atoms with Crippen molar-refractivity contribution in [2.45, 2.75) is 37.0 Å². The highest BCUT2D eigenvalue weighted by molar-refractivity contribution is 5.59. The quantitative estimate of drug-likeness (QED) is 0.534. The van der Waals surface area contributed by atoms with Crippen LogP contribution in [0.4, 0.5) is 0 Å². The van der Waals surface area contributed by atoms with Crippen LogP contribution in [0, 0.1) is 6.92 Å². The maximum Gasteiger partial charge on any atom is 0.0487 e. The second-order valence-electron chi connectivity index (χ2n) is 7.49. The number of hydrogen-bond donors (Lipinski definition) is 0. The molecule has 1 nitrogen and oxygen atoms in total. The zero-order valence-corrected chi connectivity index (χ0v) is 13.2. The van der Waals surface area contributed by atoms with Gasteiger partial charge in [0, 0.05) is 29.4 Å². The smallest absolute Gasteiger partial charge is 0.0487 e. The van der Waals surface area contributed by atoms with Gasteiger partial charge in [-0.15, -0.1) is 0 Å². The average molecular weight is 297 g/mol. The number of rotatable bonds is 0. The van der Waals surface area contributed by atoms with Crippen molar-refractivity contribution >= 4 is 0 Å². The molecule has 0 saturated heterocycles. The normalized spacial score (nSPS) is 28.9. The Labute approximate surface area is 136 Å². The van der Waals surface area contributed by atoms with E-state index in [0.717, 1.165) is 0 Å². The van der Waals surface area contributed by atoms with Crippen molar-refractivity contribution in [2.75, 3.05) is 0 Å². The molecule has 2 bridgehead atoms. The first-order valence-corrected chi connectivity index (χ1v) is 8.70. The summed E-state index contributed by atoms with van der Waals surface area (Å²) in [6.45, 7) is 2.22. The lowest BCUT2D eigenvalue weighted by Crippen LogP contribution is -2.26. The van der Waals surface area contributed by atoms with E-state index in [0.29, 0.717) is 23.7 Å². The molecule has 1 saturated carbocycles. The molecule has 23 heavy (non-hydrogen) atoms. The molecule has 1 aromatic heterocycles. The van der Waals surface area contributed by atoms with Crippen molar-refractivity contribution < 1.29 is 0 Å². The van der Waals surface area contributed by atoms with Crippen molar-refractivity contribution in [1.29, 1.82) is 0 Å². The van der Waals surface area contributed by atoms with Gasteiger partial charge in [-0.2, -0.15) is 0 Å². The molecule has 0 spiro atoms. The van der Waals surface area contributed by atoms with Crippen molar-refractivity contribution in [3.63, 3.8) is 0 Å². The van der Waals surface area contributed by atoms with E-state index in [-0.39, 0.29) is 0 Å². The molecule has 4 atom stereocenters. The van der Waals surface area contributed by atoms with Gasteiger partial charge in [-0.25, -0.2) is 0 Å². The Bertz CT molecular complexity index is 948. The Morgan fingerprint density at radius 1 is 0.826 bits per heavy atom. The minimum atomic E-state index is 0.652. The molecule has 0 N–H and O–H groups in total. The van der Waals surface area contributed by atoms with Crippen molar-refractivity contribution in [1.82, 2.24) is 4.57 Å². The molecule has 0 radical (unpaired) electrons. The molecule has 1 fully saturated rings. The van der Waals surface area contributed by atoms with Crippen LogP contribution in [0.1, 0.15) is 58.0 Å². The predicted molar refractivity (Wildman–Crippen MR) is 92.5 cm³/mol. The summed E-state index contributed by atoms with van der Waals surface area (Å²) in [6, 6.07) is 20.8. The lowest BCUT2D eigenvalue weighted by molar-refractivity contribution is 0.488. The SMILES string of the molecule is Cc1ccc2c(c1)C1C3CC(c4ccccc43)C1c1cccn1-2. The Hall–Kier alpha value is -2.28. The summed E-state index contributed by atoms with van der Waals surface area (Å²) in [7, 11) is 0. The van der Waals surface area contributed by atoms with Gasteiger partial charge < -0.3 is 4.57 Å². The Balaban J connectivity index is 1.67. The summed E-state index contributed by atoms with van der Waals surface area (Å²) in [5.74, 6) is 2.71. The molecule has 4 unspecified atom stereocenters. The number of nitrogens with zero attached hydrogens (tertiary/aromatic N) is 1. The van der Waals surface area contributed by atoms with Crippen LogP contribution in [0.3, 0.4) is 0 Å². The zero-order valence-electron chi connectivity index (χ0n) is 13.2. The van der Waals surface area contributed by atoms with Crippen LogP contribution in [0.5, 0.6) is 0 Å². The summed E-state index contributed by atoms with van der Waals surface area (Å²) in [6.07, 6.45) is 3.57. The molecule has 2 aromatic carbocycles. The fourth-order valence-electron chi connectivity index (χ4n) is 5.74. The monoisotopic (exact) mass is 297 g/mol. The van der Waals surface area contributed by atoms with E-state index < -0.39 is 0 Å². The van der Waals surface area contributed by atoms with Crippen LogP contribution < -0.4 is 0 Å². The van der Waals surface area contributed by atoms with Gasteiger partial charge in [0.05, 0.1) is 0 Å². The van der Waals surface area contributed by atoms with Crippen molar-refractivity contribution in [2.24, 2.45) is 0 Å². The Morgan fingerprint density at radius 2 is 1.61 bits per heavy atom. The molecule has 3 aromatic rings. The third kappa shape index (κ3) is 1.35. The third-order valence-corrected chi connectivity index (χ3v) is 6.48. The van der Waals surface area contributed by atoms with Gasteiger partial charge in [0.2, 0.25) is 0 Å². The van der Waals surface area contributed by atoms with Crippen molar-refractivity contribution in [3.05, 3.63) is 88.7 Å². The second-order valence-corrected chi connectivity index (χ2v) is 7.49. The second kappa shape index (κ2) is 3.97. The van der Waals surface area contributed by atoms with E-state index in [1.807, 2.05) is 0 Å². The topological polar surface area (TPSA) is 4.93 Å². The van der Waals surface area contributed by atoms with E-state index >= 15 is 0 Å². The highest BCUT2D eigenvalue weighted by Gasteiger charge is 2.54. The minimum absolute atomic E-state index is 0.652. The Morgan fingerprint density at radius 3 is 2.43 bits per heavy atom. The molecule has 2 aliphatic carbocycles. The Kier molecular flexibility index (Phi) is 2.10. The van der Waals surface area contributed by atoms with Crippen LogP contribution in [-0.2, 0) is 0 Å². The average Bonchev–Trinajstić information content (AvgIpc) is 3.28. The molecule has 0 amide bonds. The number of benzene rings is 2. The van der Waals surface area contributed by atoms with Gasteiger partial charge in [-0.3, -0.25) is 0 Å². The molecule has 1 aliphatic heterocycles. The van der Waals surface area contributed by atoms with Crippen molar-refractivity contribution in [3.8, 4) is 5.69 Å². The molecule has 112 valence electrons. The first kappa shape index (κ1) is 12.2. The summed E-state index contributed by atoms with van der Waals surface area (Å²) in [5.41, 5.74) is 9.11. The molecule has 6 rings (SSSR count). The van der Waals surface area contributed by atoms with E-state index in [1.54, 1.807) is 16.7 Å². The molecule has 3 aliphatic rings. The van der Waals surface area contributed by atoms with E-state index in [4.69, 9.17) is 0 Å². The summed E-state index contributed by atoms with van der Waals surface area (Å²) >= 11 is 0. The van der Waals surface area contributed by atoms with Crippen LogP contribution in [0.15, 0.2) is 60.8 Å². The fraction of sp³-hybridized carbons (Fsp3) is 0.273. The minimum Gasteiger partial charge on any atom is -0.320 e. The highest BCUT2D eigenvalue weighted by atomic mass is 15.0. The van der Waals surface area contributed by atoms with Gasteiger partial charge in [0.15, 0.2) is 0 Å². The van der Waals surface area contributed by atoms with E-state index in [9.17, 15) is 0 Å². The van der Waals surface area contributed by atoms with Crippen LogP contribution in [-0.4, -0.2) is 4.57 Å². The van der Waals surface area contributed by atoms with Gasteiger partial charge in [0.1, 0.15) is 0 Å². The predicted octanol–water partition coefficient (Wildman–Crippen LogP) is 5.25. The maximum absolute atomic E-state index is 2.44. The molecule has 2 heterocycles. The number of aryl methyl sites for hydroxylation is 1. The number of fused-ring (bicyclic) bond motifs is 13. The largest absolute Gasteiger partial charge is 0.320 e. The van der Waals surface area contributed by atoms with Crippen LogP contribution in [0.25, 0.3) is 5.69 Å². The third-order valence-electron chi connectivity index (χ3n) is 6.48. The highest BCUT2D eigenvalue weighted by Crippen LogP contribution is 2.68. The van der Waals surface area contributed by atoms with E-state index in [1.165, 1.54) is 23.4 Å². The maximum atomic E-state index is 2.44. The molecular weight excluding hydrogens is 278 g/mol. The number of hydrogen-bond acceptors (Lipinski definition) is 0. The van der Waals surface area contributed by atoms with E-state index in [2.05, 4.69) is 72.3 Å². The van der Waals surface area contributed by atoms with Gasteiger partial charge in [-0.05, 0) is 60.1 Å². The van der Waals surface area contributed by atoms with Gasteiger partial charge >= 0.3 is 0 Å². The van der Waals surface area contributed by atoms with Crippen LogP contribution in [0.2, 0.25) is 0 Å². The standard InChI is InChI=1S/C22H19N/c1-13-8-9-19-18(11-13)21-16-12-17(15-6-3-2-5-14(15)16)22(21)20-7-4-10-23(19)20/h2-11,16-17,21-22H,12H2,1H3.